The minimum absolute atomic E-state index is 0.137. The van der Waals surface area contributed by atoms with E-state index in [-0.39, 0.29) is 31.0 Å². The first kappa shape index (κ1) is 25.6. The average molecular weight is 479 g/mol. The highest BCUT2D eigenvalue weighted by molar-refractivity contribution is 5.00. The van der Waals surface area contributed by atoms with Crippen molar-refractivity contribution in [2.75, 3.05) is 20.8 Å². The Morgan fingerprint density at radius 2 is 1.36 bits per heavy atom. The van der Waals surface area contributed by atoms with Crippen molar-refractivity contribution >= 4 is 0 Å². The lowest BCUT2D eigenvalue weighted by atomic mass is 9.72. The Morgan fingerprint density at radius 3 is 2.00 bits per heavy atom. The molecule has 33 heavy (non-hydrogen) atoms. The summed E-state index contributed by atoms with van der Waals surface area (Å²) in [4.78, 5) is 0. The molecule has 11 nitrogen and oxygen atoms in total. The van der Waals surface area contributed by atoms with Crippen LogP contribution in [0.3, 0.4) is 0 Å². The zero-order valence-electron chi connectivity index (χ0n) is 19.1. The van der Waals surface area contributed by atoms with Crippen LogP contribution in [0.15, 0.2) is 0 Å². The number of fused-ring (bicyclic) bond motifs is 1. The van der Waals surface area contributed by atoms with E-state index in [0.29, 0.717) is 25.7 Å². The first-order valence-electron chi connectivity index (χ1n) is 11.8. The minimum Gasteiger partial charge on any atom is -0.393 e. The second kappa shape index (κ2) is 10.7. The van der Waals surface area contributed by atoms with Gasteiger partial charge >= 0.3 is 0 Å². The fourth-order valence-electron chi connectivity index (χ4n) is 5.97. The number of rotatable bonds is 5. The summed E-state index contributed by atoms with van der Waals surface area (Å²) in [7, 11) is 3.06. The van der Waals surface area contributed by atoms with E-state index in [1.807, 2.05) is 0 Å². The third-order valence-electron chi connectivity index (χ3n) is 7.86. The molecule has 192 valence electrons. The van der Waals surface area contributed by atoms with Crippen LogP contribution in [0.5, 0.6) is 0 Å². The molecule has 8 unspecified atom stereocenters. The minimum atomic E-state index is -1.45. The van der Waals surface area contributed by atoms with Crippen LogP contribution in [0.4, 0.5) is 0 Å². The van der Waals surface area contributed by atoms with Crippen molar-refractivity contribution in [3.8, 4) is 0 Å². The monoisotopic (exact) mass is 478 g/mol. The summed E-state index contributed by atoms with van der Waals surface area (Å²) in [5.74, 6) is -0.404. The van der Waals surface area contributed by atoms with Gasteiger partial charge in [-0.05, 0) is 38.0 Å². The van der Waals surface area contributed by atoms with E-state index < -0.39 is 67.3 Å². The molecule has 2 aliphatic heterocycles. The van der Waals surface area contributed by atoms with Gasteiger partial charge in [-0.1, -0.05) is 0 Å². The lowest BCUT2D eigenvalue weighted by Crippen LogP contribution is -2.60. The van der Waals surface area contributed by atoms with Crippen LogP contribution in [0.2, 0.25) is 0 Å². The van der Waals surface area contributed by atoms with Gasteiger partial charge in [-0.25, -0.2) is 0 Å². The summed E-state index contributed by atoms with van der Waals surface area (Å²) in [6.45, 7) is -0.185. The molecule has 0 aromatic rings. The van der Waals surface area contributed by atoms with Crippen molar-refractivity contribution in [2.45, 2.75) is 106 Å². The van der Waals surface area contributed by atoms with Crippen molar-refractivity contribution in [2.24, 2.45) is 11.8 Å². The Hall–Kier alpha value is -0.440. The summed E-state index contributed by atoms with van der Waals surface area (Å²) in [6, 6.07) is 0. The van der Waals surface area contributed by atoms with Crippen LogP contribution in [0.25, 0.3) is 0 Å². The number of hydrogen-bond donors (Lipinski definition) is 6. The second-order valence-corrected chi connectivity index (χ2v) is 9.93. The molecule has 2 aliphatic carbocycles. The van der Waals surface area contributed by atoms with E-state index in [1.165, 1.54) is 14.2 Å². The molecule has 2 saturated carbocycles. The lowest BCUT2D eigenvalue weighted by Gasteiger charge is -2.51. The fraction of sp³-hybridized carbons (Fsp3) is 1.00. The molecule has 0 amide bonds. The zero-order valence-corrected chi connectivity index (χ0v) is 19.1. The molecule has 11 heteroatoms. The lowest BCUT2D eigenvalue weighted by molar-refractivity contribution is -0.314. The number of ether oxygens (including phenoxy) is 5. The Kier molecular flexibility index (Phi) is 8.29. The predicted octanol–water partition coefficient (Wildman–Crippen LogP) is -2.10. The van der Waals surface area contributed by atoms with E-state index in [2.05, 4.69) is 0 Å². The number of methoxy groups -OCH3 is 2. The maximum atomic E-state index is 10.6. The van der Waals surface area contributed by atoms with E-state index in [4.69, 9.17) is 23.7 Å². The second-order valence-electron chi connectivity index (χ2n) is 9.93. The van der Waals surface area contributed by atoms with Gasteiger partial charge in [-0.15, -0.1) is 0 Å². The van der Waals surface area contributed by atoms with Gasteiger partial charge in [-0.3, -0.25) is 0 Å². The largest absolute Gasteiger partial charge is 0.393 e. The molecule has 6 N–H and O–H groups in total. The third-order valence-corrected chi connectivity index (χ3v) is 7.86. The molecular formula is C22H38O11. The Morgan fingerprint density at radius 1 is 0.697 bits per heavy atom. The summed E-state index contributed by atoms with van der Waals surface area (Å²) >= 11 is 0. The van der Waals surface area contributed by atoms with Crippen LogP contribution in [-0.4, -0.2) is 125 Å². The maximum Gasteiger partial charge on any atom is 0.186 e. The number of aliphatic hydroxyl groups excluding tert-OH is 6. The molecule has 4 rings (SSSR count). The van der Waals surface area contributed by atoms with Crippen molar-refractivity contribution in [3.63, 3.8) is 0 Å². The topological polar surface area (TPSA) is 168 Å². The van der Waals surface area contributed by atoms with E-state index in [9.17, 15) is 30.6 Å². The first-order valence-corrected chi connectivity index (χ1v) is 11.8. The quantitative estimate of drug-likeness (QED) is 0.256. The molecule has 2 saturated heterocycles. The van der Waals surface area contributed by atoms with Crippen LogP contribution >= 0.6 is 0 Å². The maximum absolute atomic E-state index is 10.6. The zero-order chi connectivity index (χ0) is 23.9. The molecule has 0 bridgehead atoms. The van der Waals surface area contributed by atoms with Gasteiger partial charge in [-0.2, -0.15) is 0 Å². The van der Waals surface area contributed by atoms with Crippen LogP contribution in [0, 0.1) is 11.8 Å². The fourth-order valence-corrected chi connectivity index (χ4v) is 5.97. The Balaban J connectivity index is 1.56. The van der Waals surface area contributed by atoms with Gasteiger partial charge in [0.1, 0.15) is 24.4 Å². The van der Waals surface area contributed by atoms with E-state index in [0.717, 1.165) is 0 Å². The highest BCUT2D eigenvalue weighted by Crippen LogP contribution is 2.43. The van der Waals surface area contributed by atoms with Gasteiger partial charge < -0.3 is 54.3 Å². The van der Waals surface area contributed by atoms with Gasteiger partial charge in [0.25, 0.3) is 0 Å². The molecule has 12 atom stereocenters. The Bertz CT molecular complexity index is 623. The van der Waals surface area contributed by atoms with Crippen LogP contribution in [0.1, 0.15) is 32.1 Å². The van der Waals surface area contributed by atoms with Crippen LogP contribution in [-0.2, 0) is 23.7 Å². The SMILES string of the molecule is COC1CC(C2OC3CC(O)CC(O)C3CC2O[C@@H]2OC[C@@H](O)[C@@H](O)[C@@H]2O)CC(OC)C1O. The predicted molar refractivity (Wildman–Crippen MR) is 111 cm³/mol. The normalized spacial score (nSPS) is 53.5. The summed E-state index contributed by atoms with van der Waals surface area (Å²) < 4.78 is 29.0. The van der Waals surface area contributed by atoms with E-state index in [1.54, 1.807) is 0 Å². The molecule has 0 aromatic carbocycles. The molecule has 0 radical (unpaired) electrons. The van der Waals surface area contributed by atoms with Crippen molar-refractivity contribution in [3.05, 3.63) is 0 Å². The van der Waals surface area contributed by atoms with Crippen LogP contribution < -0.4 is 0 Å². The van der Waals surface area contributed by atoms with Crippen molar-refractivity contribution in [1.82, 2.24) is 0 Å². The average Bonchev–Trinajstić information content (AvgIpc) is 2.79. The summed E-state index contributed by atoms with van der Waals surface area (Å²) in [6.07, 6.45) is -7.83. The highest BCUT2D eigenvalue weighted by atomic mass is 16.7. The van der Waals surface area contributed by atoms with Gasteiger partial charge in [0.05, 0.1) is 49.3 Å². The van der Waals surface area contributed by atoms with Gasteiger partial charge in [0, 0.05) is 20.1 Å². The van der Waals surface area contributed by atoms with Crippen molar-refractivity contribution in [1.29, 1.82) is 0 Å². The standard InChI is InChI=1S/C22H38O11/c1-29-15-3-9(4-16(30-2)19(15)27)21-17(33-22-20(28)18(26)13(25)8-31-22)7-11-12(24)5-10(23)6-14(11)32-21/h9-28H,3-8H2,1-2H3/t9?,10?,11?,12?,13-,14?,15?,16?,17?,18-,19?,20+,21?,22+/m1/s1. The third kappa shape index (κ3) is 5.24. The molecule has 4 fully saturated rings. The van der Waals surface area contributed by atoms with Gasteiger partial charge in [0.2, 0.25) is 0 Å². The van der Waals surface area contributed by atoms with Gasteiger partial charge in [0.15, 0.2) is 6.29 Å². The molecular weight excluding hydrogens is 440 g/mol. The smallest absolute Gasteiger partial charge is 0.186 e. The number of hydrogen-bond acceptors (Lipinski definition) is 11. The molecule has 2 heterocycles. The Labute approximate surface area is 193 Å². The molecule has 0 spiro atoms. The first-order chi connectivity index (χ1) is 15.7. The number of aliphatic hydroxyl groups is 6. The highest BCUT2D eigenvalue weighted by Gasteiger charge is 2.52. The van der Waals surface area contributed by atoms with Crippen molar-refractivity contribution < 1.29 is 54.3 Å². The molecule has 0 aromatic heterocycles. The van der Waals surface area contributed by atoms with E-state index >= 15 is 0 Å². The summed E-state index contributed by atoms with van der Waals surface area (Å²) in [5, 5.41) is 61.5. The molecule has 4 aliphatic rings. The summed E-state index contributed by atoms with van der Waals surface area (Å²) in [5.41, 5.74) is 0.